The van der Waals surface area contributed by atoms with E-state index in [0.717, 1.165) is 44.3 Å². The third kappa shape index (κ3) is 4.43. The highest BCUT2D eigenvalue weighted by Gasteiger charge is 2.38. The zero-order valence-electron chi connectivity index (χ0n) is 20.0. The zero-order valence-corrected chi connectivity index (χ0v) is 20.0. The lowest BCUT2D eigenvalue weighted by Gasteiger charge is -2.18. The van der Waals surface area contributed by atoms with Gasteiger partial charge >= 0.3 is 0 Å². The molecule has 2 N–H and O–H groups in total. The number of nitrogens with zero attached hydrogens (tertiary/aromatic N) is 1. The van der Waals surface area contributed by atoms with Crippen LogP contribution in [-0.4, -0.2) is 54.3 Å². The largest absolute Gasteiger partial charge is 0.376 e. The highest BCUT2D eigenvalue weighted by molar-refractivity contribution is 6.21. The van der Waals surface area contributed by atoms with Crippen LogP contribution in [0.15, 0.2) is 46.7 Å². The minimum absolute atomic E-state index is 0.00355. The van der Waals surface area contributed by atoms with Crippen LogP contribution in [0.3, 0.4) is 0 Å². The molecule has 35 heavy (non-hydrogen) atoms. The predicted molar refractivity (Wildman–Crippen MR) is 128 cm³/mol. The van der Waals surface area contributed by atoms with E-state index in [0.29, 0.717) is 35.4 Å². The SMILES string of the molecule is CC1C2=C(CCC2)C(C(=O)NCC2CCCO2)=C1NC(=O)CCCN1C(=O)c2ccccc2C1=O. The molecule has 0 radical (unpaired) electrons. The van der Waals surface area contributed by atoms with Crippen molar-refractivity contribution in [1.29, 1.82) is 0 Å². The van der Waals surface area contributed by atoms with Gasteiger partial charge in [-0.15, -0.1) is 0 Å². The maximum atomic E-state index is 13.2. The van der Waals surface area contributed by atoms with Crippen molar-refractivity contribution in [3.8, 4) is 0 Å². The molecule has 8 heteroatoms. The van der Waals surface area contributed by atoms with E-state index in [4.69, 9.17) is 4.74 Å². The Kier molecular flexibility index (Phi) is 6.56. The number of nitrogens with one attached hydrogen (secondary N) is 2. The van der Waals surface area contributed by atoms with E-state index in [9.17, 15) is 19.2 Å². The fourth-order valence-corrected chi connectivity index (χ4v) is 5.67. The average Bonchev–Trinajstić information content (AvgIpc) is 3.63. The standard InChI is InChI=1S/C27H31N3O5/c1-16-18-10-4-11-19(18)23(25(32)28-15-17-7-6-14-35-17)24(16)29-22(31)12-5-13-30-26(33)20-8-2-3-9-21(20)27(30)34/h2-3,8-9,16-17H,4-7,10-15H2,1H3,(H,28,32)(H,29,31). The molecule has 0 saturated carbocycles. The molecule has 2 unspecified atom stereocenters. The van der Waals surface area contributed by atoms with Crippen molar-refractivity contribution in [2.75, 3.05) is 19.7 Å². The van der Waals surface area contributed by atoms with Crippen LogP contribution in [0.1, 0.15) is 72.6 Å². The van der Waals surface area contributed by atoms with Gasteiger partial charge in [-0.2, -0.15) is 0 Å². The van der Waals surface area contributed by atoms with E-state index in [1.807, 2.05) is 6.92 Å². The molecule has 1 aromatic rings. The van der Waals surface area contributed by atoms with Crippen LogP contribution in [-0.2, 0) is 14.3 Å². The molecule has 2 atom stereocenters. The van der Waals surface area contributed by atoms with Gasteiger partial charge in [0.25, 0.3) is 17.7 Å². The third-order valence-corrected chi connectivity index (χ3v) is 7.47. The van der Waals surface area contributed by atoms with E-state index < -0.39 is 0 Å². The summed E-state index contributed by atoms with van der Waals surface area (Å²) in [5.41, 5.74) is 4.41. The van der Waals surface area contributed by atoms with Crippen molar-refractivity contribution < 1.29 is 23.9 Å². The average molecular weight is 478 g/mol. The van der Waals surface area contributed by atoms with Crippen LogP contribution < -0.4 is 10.6 Å². The van der Waals surface area contributed by atoms with Crippen LogP contribution in [0.4, 0.5) is 0 Å². The van der Waals surface area contributed by atoms with Crippen molar-refractivity contribution in [1.82, 2.24) is 15.5 Å². The van der Waals surface area contributed by atoms with Crippen LogP contribution in [0.25, 0.3) is 0 Å². The molecular formula is C27H31N3O5. The zero-order chi connectivity index (χ0) is 24.5. The minimum Gasteiger partial charge on any atom is -0.376 e. The number of amides is 4. The summed E-state index contributed by atoms with van der Waals surface area (Å²) in [7, 11) is 0. The molecule has 2 aliphatic heterocycles. The second-order valence-electron chi connectivity index (χ2n) is 9.67. The quantitative estimate of drug-likeness (QED) is 0.561. The van der Waals surface area contributed by atoms with Crippen LogP contribution in [0.5, 0.6) is 0 Å². The number of rotatable bonds is 8. The summed E-state index contributed by atoms with van der Waals surface area (Å²) in [6, 6.07) is 6.76. The van der Waals surface area contributed by atoms with Gasteiger partial charge in [0, 0.05) is 37.7 Å². The number of benzene rings is 1. The minimum atomic E-state index is -0.316. The Labute approximate surface area is 204 Å². The highest BCUT2D eigenvalue weighted by atomic mass is 16.5. The second-order valence-corrected chi connectivity index (χ2v) is 9.67. The molecule has 4 aliphatic rings. The summed E-state index contributed by atoms with van der Waals surface area (Å²) < 4.78 is 5.62. The highest BCUT2D eigenvalue weighted by Crippen LogP contribution is 2.45. The monoisotopic (exact) mass is 477 g/mol. The maximum absolute atomic E-state index is 13.2. The Balaban J connectivity index is 1.21. The molecule has 0 aromatic heterocycles. The van der Waals surface area contributed by atoms with Crippen molar-refractivity contribution in [2.24, 2.45) is 5.92 Å². The molecule has 1 aromatic carbocycles. The Hall–Kier alpha value is -3.26. The van der Waals surface area contributed by atoms with Crippen molar-refractivity contribution in [3.63, 3.8) is 0 Å². The first-order valence-corrected chi connectivity index (χ1v) is 12.6. The van der Waals surface area contributed by atoms with E-state index >= 15 is 0 Å². The third-order valence-electron chi connectivity index (χ3n) is 7.47. The normalized spacial score (nSPS) is 23.3. The van der Waals surface area contributed by atoms with E-state index in [1.165, 1.54) is 10.5 Å². The first-order valence-electron chi connectivity index (χ1n) is 12.6. The second kappa shape index (κ2) is 9.77. The number of carbonyl (C=O) groups is 4. The lowest BCUT2D eigenvalue weighted by Crippen LogP contribution is -2.35. The first kappa shape index (κ1) is 23.5. The number of allylic oxidation sites excluding steroid dienone is 1. The number of hydrogen-bond acceptors (Lipinski definition) is 5. The summed E-state index contributed by atoms with van der Waals surface area (Å²) in [4.78, 5) is 52.3. The Morgan fingerprint density at radius 3 is 2.51 bits per heavy atom. The molecule has 0 bridgehead atoms. The van der Waals surface area contributed by atoms with Gasteiger partial charge in [0.2, 0.25) is 5.91 Å². The lowest BCUT2D eigenvalue weighted by molar-refractivity contribution is -0.120. The van der Waals surface area contributed by atoms with Gasteiger partial charge in [0.15, 0.2) is 0 Å². The topological polar surface area (TPSA) is 105 Å². The maximum Gasteiger partial charge on any atom is 0.261 e. The van der Waals surface area contributed by atoms with Gasteiger partial charge in [-0.3, -0.25) is 24.1 Å². The Morgan fingerprint density at radius 1 is 1.09 bits per heavy atom. The number of fused-ring (bicyclic) bond motifs is 1. The number of imide groups is 1. The Morgan fingerprint density at radius 2 is 1.83 bits per heavy atom. The number of hydrogen-bond donors (Lipinski definition) is 2. The predicted octanol–water partition coefficient (Wildman–Crippen LogP) is 2.86. The fraction of sp³-hybridized carbons (Fsp3) is 0.481. The van der Waals surface area contributed by atoms with Gasteiger partial charge in [0.1, 0.15) is 0 Å². The van der Waals surface area contributed by atoms with Gasteiger partial charge < -0.3 is 15.4 Å². The molecule has 1 saturated heterocycles. The summed E-state index contributed by atoms with van der Waals surface area (Å²) in [5, 5.41) is 6.01. The van der Waals surface area contributed by atoms with E-state index in [1.54, 1.807) is 24.3 Å². The molecule has 5 rings (SSSR count). The van der Waals surface area contributed by atoms with E-state index in [-0.39, 0.29) is 48.6 Å². The molecular weight excluding hydrogens is 446 g/mol. The molecule has 4 amide bonds. The van der Waals surface area contributed by atoms with Gasteiger partial charge in [-0.05, 0) is 56.2 Å². The molecule has 2 aliphatic carbocycles. The van der Waals surface area contributed by atoms with Gasteiger partial charge in [0.05, 0.1) is 22.8 Å². The molecule has 2 heterocycles. The van der Waals surface area contributed by atoms with Crippen LogP contribution in [0, 0.1) is 5.92 Å². The van der Waals surface area contributed by atoms with Crippen molar-refractivity contribution >= 4 is 23.6 Å². The summed E-state index contributed by atoms with van der Waals surface area (Å²) in [6.45, 7) is 3.42. The lowest BCUT2D eigenvalue weighted by atomic mass is 9.99. The van der Waals surface area contributed by atoms with Crippen molar-refractivity contribution in [2.45, 2.75) is 58.0 Å². The van der Waals surface area contributed by atoms with Gasteiger partial charge in [-0.1, -0.05) is 24.6 Å². The summed E-state index contributed by atoms with van der Waals surface area (Å²) in [6.07, 6.45) is 5.33. The number of ether oxygens (including phenoxy) is 1. The molecule has 8 nitrogen and oxygen atoms in total. The molecule has 184 valence electrons. The van der Waals surface area contributed by atoms with Crippen LogP contribution in [0.2, 0.25) is 0 Å². The van der Waals surface area contributed by atoms with E-state index in [2.05, 4.69) is 10.6 Å². The van der Waals surface area contributed by atoms with Crippen molar-refractivity contribution in [3.05, 3.63) is 57.8 Å². The van der Waals surface area contributed by atoms with Crippen LogP contribution >= 0.6 is 0 Å². The summed E-state index contributed by atoms with van der Waals surface area (Å²) in [5.74, 6) is -1.00. The molecule has 1 fully saturated rings. The summed E-state index contributed by atoms with van der Waals surface area (Å²) >= 11 is 0. The Bertz CT molecular complexity index is 1110. The fourth-order valence-electron chi connectivity index (χ4n) is 5.67. The first-order chi connectivity index (χ1) is 17.0. The smallest absolute Gasteiger partial charge is 0.261 e. The molecule has 0 spiro atoms. The van der Waals surface area contributed by atoms with Gasteiger partial charge in [-0.25, -0.2) is 0 Å². The number of carbonyl (C=O) groups excluding carboxylic acids is 4.